The SMILES string of the molecule is CCCCCCCCCCCc1ccc(/C(N)=N/OC(=O)C2(C#N)CC2)cc1. The van der Waals surface area contributed by atoms with E-state index in [2.05, 4.69) is 12.1 Å². The van der Waals surface area contributed by atoms with Crippen LogP contribution in [0.1, 0.15) is 88.7 Å². The molecule has 1 aromatic carbocycles. The van der Waals surface area contributed by atoms with Crippen molar-refractivity contribution in [3.05, 3.63) is 35.4 Å². The lowest BCUT2D eigenvalue weighted by molar-refractivity contribution is -0.147. The molecule has 0 spiro atoms. The molecule has 0 aromatic heterocycles. The number of nitrogens with zero attached hydrogens (tertiary/aromatic N) is 2. The summed E-state index contributed by atoms with van der Waals surface area (Å²) in [7, 11) is 0. The summed E-state index contributed by atoms with van der Waals surface area (Å²) in [5.74, 6) is -0.461. The number of benzene rings is 1. The van der Waals surface area contributed by atoms with Gasteiger partial charge in [-0.2, -0.15) is 5.26 Å². The molecule has 1 fully saturated rings. The normalized spacial score (nSPS) is 15.1. The number of carbonyl (C=O) groups excluding carboxylic acids is 1. The Kier molecular flexibility index (Phi) is 9.00. The summed E-state index contributed by atoms with van der Waals surface area (Å²) in [5, 5.41) is 12.7. The number of carbonyl (C=O) groups is 1. The number of hydrogen-bond acceptors (Lipinski definition) is 4. The first kappa shape index (κ1) is 21.9. The Bertz CT molecular complexity index is 685. The van der Waals surface area contributed by atoms with Crippen LogP contribution in [0.15, 0.2) is 29.4 Å². The van der Waals surface area contributed by atoms with Crippen LogP contribution < -0.4 is 5.73 Å². The van der Waals surface area contributed by atoms with E-state index in [0.29, 0.717) is 18.4 Å². The molecule has 0 unspecified atom stereocenters. The number of hydrogen-bond donors (Lipinski definition) is 1. The van der Waals surface area contributed by atoms with Crippen LogP contribution >= 0.6 is 0 Å². The monoisotopic (exact) mass is 383 g/mol. The lowest BCUT2D eigenvalue weighted by Gasteiger charge is -2.05. The highest BCUT2D eigenvalue weighted by molar-refractivity contribution is 5.97. The van der Waals surface area contributed by atoms with Crippen molar-refractivity contribution in [3.8, 4) is 6.07 Å². The summed E-state index contributed by atoms with van der Waals surface area (Å²) in [6.45, 7) is 2.25. The van der Waals surface area contributed by atoms with E-state index in [1.165, 1.54) is 63.4 Å². The minimum absolute atomic E-state index is 0.150. The van der Waals surface area contributed by atoms with E-state index in [-0.39, 0.29) is 5.84 Å². The molecular weight excluding hydrogens is 350 g/mol. The lowest BCUT2D eigenvalue weighted by atomic mass is 10.0. The van der Waals surface area contributed by atoms with E-state index in [4.69, 9.17) is 15.8 Å². The molecule has 5 nitrogen and oxygen atoms in total. The average molecular weight is 384 g/mol. The molecule has 0 atom stereocenters. The number of nitriles is 1. The van der Waals surface area contributed by atoms with Crippen molar-refractivity contribution in [2.75, 3.05) is 0 Å². The Hall–Kier alpha value is -2.35. The third-order valence-corrected chi connectivity index (χ3v) is 5.40. The zero-order chi connectivity index (χ0) is 20.2. The van der Waals surface area contributed by atoms with E-state index < -0.39 is 11.4 Å². The van der Waals surface area contributed by atoms with Gasteiger partial charge in [0.15, 0.2) is 11.3 Å². The molecule has 1 aromatic rings. The van der Waals surface area contributed by atoms with Gasteiger partial charge in [-0.15, -0.1) is 0 Å². The van der Waals surface area contributed by atoms with Gasteiger partial charge in [0.1, 0.15) is 0 Å². The first-order valence-corrected chi connectivity index (χ1v) is 10.7. The lowest BCUT2D eigenvalue weighted by Crippen LogP contribution is -2.19. The molecule has 1 saturated carbocycles. The maximum absolute atomic E-state index is 11.8. The third kappa shape index (κ3) is 6.99. The van der Waals surface area contributed by atoms with Crippen LogP contribution in [0.4, 0.5) is 0 Å². The number of oxime groups is 1. The van der Waals surface area contributed by atoms with Crippen molar-refractivity contribution in [2.24, 2.45) is 16.3 Å². The number of amidine groups is 1. The van der Waals surface area contributed by atoms with Crippen molar-refractivity contribution < 1.29 is 9.63 Å². The highest BCUT2D eigenvalue weighted by Crippen LogP contribution is 2.46. The van der Waals surface area contributed by atoms with Gasteiger partial charge < -0.3 is 10.6 Å². The number of nitrogens with two attached hydrogens (primary N) is 1. The van der Waals surface area contributed by atoms with Gasteiger partial charge in [-0.25, -0.2) is 4.79 Å². The Morgan fingerprint density at radius 3 is 2.18 bits per heavy atom. The molecule has 152 valence electrons. The first-order chi connectivity index (χ1) is 13.6. The predicted octanol–water partition coefficient (Wildman–Crippen LogP) is 5.23. The van der Waals surface area contributed by atoms with Crippen LogP contribution in [0, 0.1) is 16.7 Å². The molecule has 0 heterocycles. The van der Waals surface area contributed by atoms with Crippen molar-refractivity contribution >= 4 is 11.8 Å². The molecule has 5 heteroatoms. The van der Waals surface area contributed by atoms with Gasteiger partial charge in [-0.05, 0) is 31.2 Å². The molecule has 0 aliphatic heterocycles. The zero-order valence-corrected chi connectivity index (χ0v) is 17.1. The van der Waals surface area contributed by atoms with Crippen molar-refractivity contribution in [1.82, 2.24) is 0 Å². The van der Waals surface area contributed by atoms with Crippen LogP contribution in [0.25, 0.3) is 0 Å². The highest BCUT2D eigenvalue weighted by Gasteiger charge is 2.53. The molecule has 0 bridgehead atoms. The number of aryl methyl sites for hydroxylation is 1. The summed E-state index contributed by atoms with van der Waals surface area (Å²) >= 11 is 0. The first-order valence-electron chi connectivity index (χ1n) is 10.7. The van der Waals surface area contributed by atoms with Crippen LogP contribution in [0.3, 0.4) is 0 Å². The summed E-state index contributed by atoms with van der Waals surface area (Å²) in [5.41, 5.74) is 6.88. The van der Waals surface area contributed by atoms with Gasteiger partial charge >= 0.3 is 5.97 Å². The minimum Gasteiger partial charge on any atom is -0.380 e. The van der Waals surface area contributed by atoms with E-state index in [0.717, 1.165) is 6.42 Å². The third-order valence-electron chi connectivity index (χ3n) is 5.40. The second-order valence-electron chi connectivity index (χ2n) is 7.82. The predicted molar refractivity (Wildman–Crippen MR) is 111 cm³/mol. The molecule has 2 rings (SSSR count). The molecule has 1 aliphatic rings. The Morgan fingerprint density at radius 1 is 1.07 bits per heavy atom. The van der Waals surface area contributed by atoms with Gasteiger partial charge in [0.2, 0.25) is 0 Å². The molecule has 0 saturated heterocycles. The van der Waals surface area contributed by atoms with E-state index >= 15 is 0 Å². The highest BCUT2D eigenvalue weighted by atomic mass is 16.7. The van der Waals surface area contributed by atoms with Crippen molar-refractivity contribution in [3.63, 3.8) is 0 Å². The van der Waals surface area contributed by atoms with Gasteiger partial charge in [0, 0.05) is 5.56 Å². The number of rotatable bonds is 13. The second kappa shape index (κ2) is 11.5. The van der Waals surface area contributed by atoms with Crippen molar-refractivity contribution in [1.29, 1.82) is 5.26 Å². The molecule has 2 N–H and O–H groups in total. The molecule has 1 aliphatic carbocycles. The average Bonchev–Trinajstić information content (AvgIpc) is 3.52. The summed E-state index contributed by atoms with van der Waals surface area (Å²) in [4.78, 5) is 16.6. The van der Waals surface area contributed by atoms with Crippen molar-refractivity contribution in [2.45, 2.75) is 84.0 Å². The van der Waals surface area contributed by atoms with Crippen LogP contribution in [-0.2, 0) is 16.1 Å². The fourth-order valence-corrected chi connectivity index (χ4v) is 3.20. The fourth-order valence-electron chi connectivity index (χ4n) is 3.20. The van der Waals surface area contributed by atoms with Crippen LogP contribution in [-0.4, -0.2) is 11.8 Å². The van der Waals surface area contributed by atoms with Crippen LogP contribution in [0.2, 0.25) is 0 Å². The van der Waals surface area contributed by atoms with E-state index in [1.54, 1.807) is 0 Å². The minimum atomic E-state index is -0.997. The largest absolute Gasteiger partial charge is 0.380 e. The van der Waals surface area contributed by atoms with Gasteiger partial charge in [0.25, 0.3) is 0 Å². The maximum atomic E-state index is 11.8. The molecular formula is C23H33N3O2. The van der Waals surface area contributed by atoms with E-state index in [9.17, 15) is 4.79 Å². The van der Waals surface area contributed by atoms with Gasteiger partial charge in [0.05, 0.1) is 6.07 Å². The van der Waals surface area contributed by atoms with Crippen LogP contribution in [0.5, 0.6) is 0 Å². The van der Waals surface area contributed by atoms with E-state index in [1.807, 2.05) is 30.3 Å². The molecule has 0 amide bonds. The maximum Gasteiger partial charge on any atom is 0.355 e. The van der Waals surface area contributed by atoms with Gasteiger partial charge in [-0.3, -0.25) is 0 Å². The summed E-state index contributed by atoms with van der Waals surface area (Å²) < 4.78 is 0. The zero-order valence-electron chi connectivity index (χ0n) is 17.1. The molecule has 0 radical (unpaired) electrons. The fraction of sp³-hybridized carbons (Fsp3) is 0.609. The quantitative estimate of drug-likeness (QED) is 0.166. The Labute approximate surface area is 168 Å². The second-order valence-corrected chi connectivity index (χ2v) is 7.82. The summed E-state index contributed by atoms with van der Waals surface area (Å²) in [6.07, 6.45) is 14.1. The van der Waals surface area contributed by atoms with Gasteiger partial charge in [-0.1, -0.05) is 87.7 Å². The Morgan fingerprint density at radius 2 is 1.64 bits per heavy atom. The summed E-state index contributed by atoms with van der Waals surface area (Å²) in [6, 6.07) is 9.86. The standard InChI is InChI=1S/C23H33N3O2/c1-2-3-4-5-6-7-8-9-10-11-19-12-14-20(15-13-19)21(25)26-28-22(27)23(18-24)16-17-23/h12-15H,2-11,16-17H2,1H3,(H2,25,26). The topological polar surface area (TPSA) is 88.5 Å². The smallest absolute Gasteiger partial charge is 0.355 e. The molecule has 28 heavy (non-hydrogen) atoms. The Balaban J connectivity index is 1.65. The number of unbranched alkanes of at least 4 members (excludes halogenated alkanes) is 8.